The van der Waals surface area contributed by atoms with E-state index >= 15 is 4.39 Å². The summed E-state index contributed by atoms with van der Waals surface area (Å²) in [7, 11) is -0.735. The summed E-state index contributed by atoms with van der Waals surface area (Å²) in [6.07, 6.45) is 0.643. The molecule has 1 unspecified atom stereocenters. The summed E-state index contributed by atoms with van der Waals surface area (Å²) >= 11 is 0. The van der Waals surface area contributed by atoms with Crippen LogP contribution in [0, 0.1) is 12.7 Å². The predicted molar refractivity (Wildman–Crippen MR) is 195 cm³/mol. The van der Waals surface area contributed by atoms with Crippen molar-refractivity contribution in [3.63, 3.8) is 0 Å². The Morgan fingerprint density at radius 3 is 2.26 bits per heavy atom. The number of nitrogens with one attached hydrogen (secondary N) is 1. The summed E-state index contributed by atoms with van der Waals surface area (Å²) in [5.74, 6) is -0.240. The van der Waals surface area contributed by atoms with Gasteiger partial charge >= 0.3 is 12.2 Å². The van der Waals surface area contributed by atoms with Crippen molar-refractivity contribution >= 4 is 43.4 Å². The van der Waals surface area contributed by atoms with Crippen LogP contribution in [-0.2, 0) is 13.9 Å². The Bertz CT molecular complexity index is 1630. The van der Waals surface area contributed by atoms with Gasteiger partial charge < -0.3 is 33.6 Å². The molecule has 0 saturated carbocycles. The zero-order chi connectivity index (χ0) is 37.4. The fraction of sp³-hybridized carbons (Fsp3) is 0.611. The zero-order valence-electron chi connectivity index (χ0n) is 31.9. The lowest BCUT2D eigenvalue weighted by atomic mass is 9.99. The largest absolute Gasteiger partial charge is 0.484 e. The van der Waals surface area contributed by atoms with Gasteiger partial charge in [0.2, 0.25) is 0 Å². The second kappa shape index (κ2) is 14.4. The molecule has 0 saturated heterocycles. The average Bonchev–Trinajstić information content (AvgIpc) is 3.16. The number of pyridine rings is 2. The molecule has 1 atom stereocenters. The van der Waals surface area contributed by atoms with Gasteiger partial charge in [0.05, 0.1) is 17.4 Å². The Kier molecular flexibility index (Phi) is 11.2. The first-order valence-electron chi connectivity index (χ1n) is 17.0. The van der Waals surface area contributed by atoms with E-state index in [0.29, 0.717) is 23.4 Å². The van der Waals surface area contributed by atoms with Crippen LogP contribution in [-0.4, -0.2) is 86.0 Å². The van der Waals surface area contributed by atoms with Gasteiger partial charge in [-0.25, -0.2) is 19.0 Å². The van der Waals surface area contributed by atoms with Crippen molar-refractivity contribution in [2.24, 2.45) is 0 Å². The molecule has 0 spiro atoms. The monoisotopic (exact) mass is 715 g/mol. The van der Waals surface area contributed by atoms with Gasteiger partial charge in [0, 0.05) is 31.9 Å². The van der Waals surface area contributed by atoms with Gasteiger partial charge in [-0.1, -0.05) is 26.8 Å². The Balaban J connectivity index is 1.77. The minimum Gasteiger partial charge on any atom is -0.484 e. The molecule has 2 amide bonds. The van der Waals surface area contributed by atoms with Crippen LogP contribution in [0.25, 0.3) is 5.57 Å². The van der Waals surface area contributed by atoms with Crippen molar-refractivity contribution in [2.45, 2.75) is 111 Å². The third kappa shape index (κ3) is 9.65. The fourth-order valence-corrected chi connectivity index (χ4v) is 6.51. The van der Waals surface area contributed by atoms with Gasteiger partial charge in [0.15, 0.2) is 25.7 Å². The van der Waals surface area contributed by atoms with E-state index in [1.807, 2.05) is 26.8 Å². The number of hydrogen-bond acceptors (Lipinski definition) is 10. The third-order valence-electron chi connectivity index (χ3n) is 8.54. The first-order valence-corrected chi connectivity index (χ1v) is 19.9. The number of halogens is 1. The van der Waals surface area contributed by atoms with Crippen LogP contribution in [0.1, 0.15) is 80.0 Å². The van der Waals surface area contributed by atoms with Gasteiger partial charge in [-0.15, -0.1) is 0 Å². The lowest BCUT2D eigenvalue weighted by Crippen LogP contribution is -2.48. The number of amides is 2. The minimum atomic E-state index is -2.33. The number of carbonyl (C=O) groups is 2. The predicted octanol–water partition coefficient (Wildman–Crippen LogP) is 8.22. The van der Waals surface area contributed by atoms with Gasteiger partial charge in [-0.3, -0.25) is 4.90 Å². The van der Waals surface area contributed by atoms with Crippen LogP contribution in [0.2, 0.25) is 18.1 Å². The molecule has 0 aliphatic carbocycles. The van der Waals surface area contributed by atoms with Crippen molar-refractivity contribution in [1.82, 2.24) is 14.9 Å². The molecular formula is C36H54FN5O7Si. The molecule has 276 valence electrons. The van der Waals surface area contributed by atoms with Gasteiger partial charge in [0.25, 0.3) is 5.88 Å². The Morgan fingerprint density at radius 1 is 1.00 bits per heavy atom. The SMILES string of the molecule is Cc1cc(N(C)C(=O)OC(C)(C)C)cc(Nc2nc3c(c(C4=CCN(C(=O)OC(C)(C)C)CC(O[Si](C)(C)C(C)(C)C)C4)c2F)OCCO3)n1. The summed E-state index contributed by atoms with van der Waals surface area (Å²) < 4.78 is 46.9. The molecule has 4 heterocycles. The van der Waals surface area contributed by atoms with Crippen LogP contribution in [0.4, 0.5) is 31.3 Å². The van der Waals surface area contributed by atoms with Gasteiger partial charge in [-0.2, -0.15) is 4.98 Å². The average molecular weight is 716 g/mol. The Morgan fingerprint density at radius 2 is 1.64 bits per heavy atom. The summed E-state index contributed by atoms with van der Waals surface area (Å²) in [4.78, 5) is 38.1. The molecule has 0 aromatic carbocycles. The first kappa shape index (κ1) is 38.9. The van der Waals surface area contributed by atoms with Crippen LogP contribution < -0.4 is 19.7 Å². The van der Waals surface area contributed by atoms with Crippen molar-refractivity contribution in [2.75, 3.05) is 43.6 Å². The summed E-state index contributed by atoms with van der Waals surface area (Å²) in [5, 5.41) is 2.91. The van der Waals surface area contributed by atoms with E-state index in [2.05, 4.69) is 49.1 Å². The van der Waals surface area contributed by atoms with Crippen molar-refractivity contribution in [1.29, 1.82) is 0 Å². The molecule has 0 radical (unpaired) electrons. The van der Waals surface area contributed by atoms with E-state index in [9.17, 15) is 9.59 Å². The topological polar surface area (TPSA) is 125 Å². The summed E-state index contributed by atoms with van der Waals surface area (Å²) in [5.41, 5.74) is 0.454. The highest BCUT2D eigenvalue weighted by molar-refractivity contribution is 6.74. The molecule has 2 aromatic heterocycles. The van der Waals surface area contributed by atoms with E-state index < -0.39 is 43.6 Å². The Hall–Kier alpha value is -3.91. The van der Waals surface area contributed by atoms with E-state index in [1.165, 1.54) is 4.90 Å². The number of anilines is 3. The lowest BCUT2D eigenvalue weighted by molar-refractivity contribution is 0.0195. The highest BCUT2D eigenvalue weighted by atomic mass is 28.4. The van der Waals surface area contributed by atoms with Crippen LogP contribution in [0.15, 0.2) is 18.2 Å². The lowest BCUT2D eigenvalue weighted by Gasteiger charge is -2.40. The number of carbonyl (C=O) groups excluding carboxylic acids is 2. The highest BCUT2D eigenvalue weighted by Gasteiger charge is 2.41. The number of aromatic nitrogens is 2. The molecular weight excluding hydrogens is 662 g/mol. The van der Waals surface area contributed by atoms with Crippen molar-refractivity contribution in [3.8, 4) is 11.6 Å². The van der Waals surface area contributed by atoms with Crippen molar-refractivity contribution in [3.05, 3.63) is 35.3 Å². The number of fused-ring (bicyclic) bond motifs is 1. The van der Waals surface area contributed by atoms with Crippen LogP contribution >= 0.6 is 0 Å². The molecule has 1 N–H and O–H groups in total. The molecule has 14 heteroatoms. The van der Waals surface area contributed by atoms with E-state index in [-0.39, 0.29) is 60.2 Å². The standard InChI is InChI=1S/C36H54FN5O7Si/c1-22-18-24(41(11)32(43)47-34(2,3)4)20-26(38-22)39-30-28(37)27(29-31(40-30)46-17-16-45-29)23-14-15-42(33(44)48-35(5,6)7)21-25(19-23)49-50(12,13)36(8,9)10/h14,18,20,25H,15-17,19,21H2,1-13H3,(H,38,39,40). The van der Waals surface area contributed by atoms with E-state index in [0.717, 1.165) is 0 Å². The number of rotatable bonds is 6. The molecule has 2 aliphatic rings. The molecule has 2 aliphatic heterocycles. The number of aryl methyl sites for hydroxylation is 1. The van der Waals surface area contributed by atoms with Gasteiger partial charge in [-0.05, 0) is 84.7 Å². The zero-order valence-corrected chi connectivity index (χ0v) is 32.9. The highest BCUT2D eigenvalue weighted by Crippen LogP contribution is 2.44. The molecule has 12 nitrogen and oxygen atoms in total. The van der Waals surface area contributed by atoms with Gasteiger partial charge in [0.1, 0.15) is 30.2 Å². The summed E-state index contributed by atoms with van der Waals surface area (Å²) in [6.45, 7) is 24.2. The minimum absolute atomic E-state index is 0.105. The fourth-order valence-electron chi connectivity index (χ4n) is 5.16. The molecule has 50 heavy (non-hydrogen) atoms. The number of hydrogen-bond donors (Lipinski definition) is 1. The normalized spacial score (nSPS) is 17.0. The maximum absolute atomic E-state index is 16.9. The van der Waals surface area contributed by atoms with Crippen molar-refractivity contribution < 1.29 is 37.4 Å². The first-order chi connectivity index (χ1) is 22.9. The second-order valence-corrected chi connectivity index (χ2v) is 21.1. The van der Waals surface area contributed by atoms with E-state index in [1.54, 1.807) is 51.8 Å². The maximum atomic E-state index is 16.9. The molecule has 0 fully saturated rings. The Labute approximate surface area is 296 Å². The van der Waals surface area contributed by atoms with E-state index in [4.69, 9.17) is 23.4 Å². The summed E-state index contributed by atoms with van der Waals surface area (Å²) in [6, 6.07) is 3.34. The number of nitrogens with zero attached hydrogens (tertiary/aromatic N) is 4. The quantitative estimate of drug-likeness (QED) is 0.293. The van der Waals surface area contributed by atoms with Crippen LogP contribution in [0.3, 0.4) is 0 Å². The molecule has 0 bridgehead atoms. The second-order valence-electron chi connectivity index (χ2n) is 16.3. The van der Waals surface area contributed by atoms with Crippen LogP contribution in [0.5, 0.6) is 11.6 Å². The maximum Gasteiger partial charge on any atom is 0.414 e. The third-order valence-corrected chi connectivity index (χ3v) is 13.1. The number of ether oxygens (including phenoxy) is 4. The molecule has 2 aromatic rings. The smallest absolute Gasteiger partial charge is 0.414 e. The molecule has 4 rings (SSSR count).